The molecule has 0 saturated heterocycles. The van der Waals surface area contributed by atoms with Crippen LogP contribution in [0.15, 0.2) is 18.2 Å². The van der Waals surface area contributed by atoms with Crippen LogP contribution in [-0.4, -0.2) is 6.61 Å². The second-order valence-electron chi connectivity index (χ2n) is 4.72. The summed E-state index contributed by atoms with van der Waals surface area (Å²) in [5.74, 6) is 3.30. The lowest BCUT2D eigenvalue weighted by atomic mass is 9.84. The van der Waals surface area contributed by atoms with Crippen molar-refractivity contribution >= 4 is 0 Å². The van der Waals surface area contributed by atoms with Crippen LogP contribution >= 0.6 is 0 Å². The van der Waals surface area contributed by atoms with E-state index in [1.54, 1.807) is 0 Å². The van der Waals surface area contributed by atoms with E-state index >= 15 is 0 Å². The number of hydrogen-bond donors (Lipinski definition) is 0. The van der Waals surface area contributed by atoms with Gasteiger partial charge in [-0.3, -0.25) is 0 Å². The Morgan fingerprint density at radius 2 is 2.00 bits per heavy atom. The largest absolute Gasteiger partial charge is 0.481 e. The van der Waals surface area contributed by atoms with E-state index in [1.807, 2.05) is 12.1 Å². The molecule has 0 aliphatic heterocycles. The molecule has 0 saturated carbocycles. The molecule has 0 spiro atoms. The molecule has 0 N–H and O–H groups in total. The van der Waals surface area contributed by atoms with Crippen molar-refractivity contribution in [2.24, 2.45) is 0 Å². The Morgan fingerprint density at radius 3 is 2.47 bits per heavy atom. The maximum Gasteiger partial charge on any atom is 0.148 e. The number of aryl methyl sites for hydroxylation is 1. The van der Waals surface area contributed by atoms with Gasteiger partial charge in [0.2, 0.25) is 0 Å². The number of hydrogen-bond acceptors (Lipinski definition) is 1. The van der Waals surface area contributed by atoms with E-state index in [2.05, 4.69) is 39.7 Å². The summed E-state index contributed by atoms with van der Waals surface area (Å²) in [5.41, 5.74) is 2.77. The summed E-state index contributed by atoms with van der Waals surface area (Å²) in [6, 6.07) is 6.13. The molecule has 0 atom stereocenters. The topological polar surface area (TPSA) is 9.23 Å². The first kappa shape index (κ1) is 11.7. The molecule has 0 aliphatic carbocycles. The summed E-state index contributed by atoms with van der Waals surface area (Å²) < 4.78 is 5.37. The Morgan fingerprint density at radius 1 is 1.33 bits per heavy atom. The summed E-state index contributed by atoms with van der Waals surface area (Å²) in [4.78, 5) is 0. The van der Waals surface area contributed by atoms with Gasteiger partial charge in [-0.2, -0.15) is 0 Å². The quantitative estimate of drug-likeness (QED) is 0.669. The van der Waals surface area contributed by atoms with Gasteiger partial charge in [-0.05, 0) is 35.6 Å². The lowest BCUT2D eigenvalue weighted by molar-refractivity contribution is 0.369. The molecule has 1 nitrogen and oxygen atoms in total. The van der Waals surface area contributed by atoms with E-state index in [9.17, 15) is 0 Å². The second-order valence-corrected chi connectivity index (χ2v) is 4.72. The Bertz CT molecular complexity index is 377. The van der Waals surface area contributed by atoms with Crippen LogP contribution in [0.1, 0.15) is 31.9 Å². The van der Waals surface area contributed by atoms with Crippen LogP contribution < -0.4 is 4.74 Å². The maximum atomic E-state index is 5.37. The van der Waals surface area contributed by atoms with Gasteiger partial charge < -0.3 is 4.74 Å². The maximum absolute atomic E-state index is 5.37. The highest BCUT2D eigenvalue weighted by atomic mass is 16.5. The van der Waals surface area contributed by atoms with Crippen molar-refractivity contribution in [1.82, 2.24) is 0 Å². The van der Waals surface area contributed by atoms with Gasteiger partial charge in [-0.15, -0.1) is 6.42 Å². The van der Waals surface area contributed by atoms with E-state index in [-0.39, 0.29) is 5.41 Å². The fourth-order valence-corrected chi connectivity index (χ4v) is 1.69. The van der Waals surface area contributed by atoms with E-state index in [0.717, 1.165) is 5.75 Å². The summed E-state index contributed by atoms with van der Waals surface area (Å²) in [6.45, 7) is 9.05. The summed E-state index contributed by atoms with van der Waals surface area (Å²) in [7, 11) is 0. The van der Waals surface area contributed by atoms with Crippen molar-refractivity contribution in [2.45, 2.75) is 33.1 Å². The van der Waals surface area contributed by atoms with Gasteiger partial charge in [0, 0.05) is 0 Å². The van der Waals surface area contributed by atoms with Crippen LogP contribution in [0.5, 0.6) is 5.75 Å². The standard InChI is InChI=1S/C14H18O/c1-6-9-15-12-7-8-13(11(2)10-12)14(3,4)5/h1,7-8,10H,9H2,2-5H3. The van der Waals surface area contributed by atoms with Crippen molar-refractivity contribution in [3.8, 4) is 18.1 Å². The molecule has 1 rings (SSSR count). The molecule has 0 unspecified atom stereocenters. The van der Waals surface area contributed by atoms with Crippen molar-refractivity contribution < 1.29 is 4.74 Å². The third-order valence-electron chi connectivity index (χ3n) is 2.33. The molecule has 0 heterocycles. The zero-order valence-corrected chi connectivity index (χ0v) is 9.92. The Hall–Kier alpha value is -1.42. The first-order valence-corrected chi connectivity index (χ1v) is 5.12. The summed E-state index contributed by atoms with van der Waals surface area (Å²) in [6.07, 6.45) is 5.14. The van der Waals surface area contributed by atoms with Gasteiger partial charge >= 0.3 is 0 Å². The van der Waals surface area contributed by atoms with Gasteiger partial charge in [0.25, 0.3) is 0 Å². The average Bonchev–Trinajstić information content (AvgIpc) is 2.12. The summed E-state index contributed by atoms with van der Waals surface area (Å²) in [5, 5.41) is 0. The van der Waals surface area contributed by atoms with E-state index in [0.29, 0.717) is 6.61 Å². The molecule has 15 heavy (non-hydrogen) atoms. The number of terminal acetylenes is 1. The monoisotopic (exact) mass is 202 g/mol. The fourth-order valence-electron chi connectivity index (χ4n) is 1.69. The van der Waals surface area contributed by atoms with Crippen molar-refractivity contribution in [2.75, 3.05) is 6.61 Å². The first-order valence-electron chi connectivity index (χ1n) is 5.12. The third kappa shape index (κ3) is 3.02. The fraction of sp³-hybridized carbons (Fsp3) is 0.429. The van der Waals surface area contributed by atoms with Gasteiger partial charge in [0.15, 0.2) is 0 Å². The molecule has 0 amide bonds. The SMILES string of the molecule is C#CCOc1ccc(C(C)(C)C)c(C)c1. The van der Waals surface area contributed by atoms with Gasteiger partial charge in [-0.1, -0.05) is 32.8 Å². The molecule has 0 bridgehead atoms. The number of benzene rings is 1. The van der Waals surface area contributed by atoms with Gasteiger partial charge in [0.1, 0.15) is 12.4 Å². The lowest BCUT2D eigenvalue weighted by Gasteiger charge is -2.22. The van der Waals surface area contributed by atoms with Crippen LogP contribution in [0.2, 0.25) is 0 Å². The van der Waals surface area contributed by atoms with E-state index < -0.39 is 0 Å². The Kier molecular flexibility index (Phi) is 3.42. The highest BCUT2D eigenvalue weighted by Gasteiger charge is 2.16. The molecule has 80 valence electrons. The molecule has 1 aromatic rings. The predicted octanol–water partition coefficient (Wildman–Crippen LogP) is 3.30. The number of rotatable bonds is 2. The van der Waals surface area contributed by atoms with Crippen LogP contribution in [0, 0.1) is 19.3 Å². The van der Waals surface area contributed by atoms with Gasteiger partial charge in [-0.25, -0.2) is 0 Å². The Labute approximate surface area is 92.5 Å². The molecular weight excluding hydrogens is 184 g/mol. The number of ether oxygens (including phenoxy) is 1. The molecular formula is C14H18O. The minimum absolute atomic E-state index is 0.175. The minimum Gasteiger partial charge on any atom is -0.481 e. The molecule has 0 fully saturated rings. The van der Waals surface area contributed by atoms with Crippen LogP contribution in [0.4, 0.5) is 0 Å². The van der Waals surface area contributed by atoms with Crippen molar-refractivity contribution in [1.29, 1.82) is 0 Å². The molecule has 0 aliphatic rings. The molecule has 0 radical (unpaired) electrons. The highest BCUT2D eigenvalue weighted by molar-refractivity contribution is 5.38. The normalized spacial score (nSPS) is 10.9. The smallest absolute Gasteiger partial charge is 0.148 e. The van der Waals surface area contributed by atoms with Crippen LogP contribution in [0.3, 0.4) is 0 Å². The lowest BCUT2D eigenvalue weighted by Crippen LogP contribution is -2.12. The highest BCUT2D eigenvalue weighted by Crippen LogP contribution is 2.28. The van der Waals surface area contributed by atoms with Crippen LogP contribution in [-0.2, 0) is 5.41 Å². The third-order valence-corrected chi connectivity index (χ3v) is 2.33. The Balaban J connectivity index is 2.94. The minimum atomic E-state index is 0.175. The zero-order valence-electron chi connectivity index (χ0n) is 9.92. The summed E-state index contributed by atoms with van der Waals surface area (Å²) >= 11 is 0. The van der Waals surface area contributed by atoms with Gasteiger partial charge in [0.05, 0.1) is 0 Å². The molecule has 1 heteroatoms. The van der Waals surface area contributed by atoms with E-state index in [1.165, 1.54) is 11.1 Å². The zero-order chi connectivity index (χ0) is 11.5. The molecule has 0 aromatic heterocycles. The molecule has 1 aromatic carbocycles. The first-order chi connectivity index (χ1) is 6.95. The second kappa shape index (κ2) is 4.40. The van der Waals surface area contributed by atoms with E-state index in [4.69, 9.17) is 11.2 Å². The average molecular weight is 202 g/mol. The van der Waals surface area contributed by atoms with Crippen molar-refractivity contribution in [3.63, 3.8) is 0 Å². The predicted molar refractivity (Wildman–Crippen MR) is 64.2 cm³/mol. The van der Waals surface area contributed by atoms with Crippen molar-refractivity contribution in [3.05, 3.63) is 29.3 Å². The van der Waals surface area contributed by atoms with Crippen LogP contribution in [0.25, 0.3) is 0 Å².